The molecule has 0 spiro atoms. The predicted molar refractivity (Wildman–Crippen MR) is 71.8 cm³/mol. The van der Waals surface area contributed by atoms with E-state index in [4.69, 9.17) is 0 Å². The Kier molecular flexibility index (Phi) is 3.38. The van der Waals surface area contributed by atoms with E-state index in [0.29, 0.717) is 28.7 Å². The summed E-state index contributed by atoms with van der Waals surface area (Å²) in [5, 5.41) is 0. The van der Waals surface area contributed by atoms with Crippen molar-refractivity contribution in [1.82, 2.24) is 0 Å². The lowest BCUT2D eigenvalue weighted by Gasteiger charge is -2.19. The number of fused-ring (bicyclic) bond motifs is 1. The van der Waals surface area contributed by atoms with Crippen LogP contribution in [-0.2, 0) is 0 Å². The first-order valence-corrected chi connectivity index (χ1v) is 5.92. The molecule has 0 N–H and O–H groups in total. The van der Waals surface area contributed by atoms with E-state index < -0.39 is 0 Å². The maximum absolute atomic E-state index is 12.3. The molecule has 0 unspecified atom stereocenters. The van der Waals surface area contributed by atoms with Gasteiger partial charge in [0.1, 0.15) is 0 Å². The molecule has 1 aromatic carbocycles. The van der Waals surface area contributed by atoms with Crippen molar-refractivity contribution in [1.29, 1.82) is 0 Å². The third-order valence-electron chi connectivity index (χ3n) is 2.89. The molecule has 1 aliphatic rings. The van der Waals surface area contributed by atoms with Crippen molar-refractivity contribution >= 4 is 11.6 Å². The fourth-order valence-electron chi connectivity index (χ4n) is 2.10. The van der Waals surface area contributed by atoms with Gasteiger partial charge in [-0.25, -0.2) is 0 Å². The van der Waals surface area contributed by atoms with E-state index in [1.165, 1.54) is 6.08 Å². The minimum Gasteiger partial charge on any atom is -0.289 e. The number of carbonyl (C=O) groups excluding carboxylic acids is 2. The molecule has 0 bridgehead atoms. The molecule has 1 aromatic rings. The number of carbonyl (C=O) groups is 2. The summed E-state index contributed by atoms with van der Waals surface area (Å²) in [6, 6.07) is 6.93. The van der Waals surface area contributed by atoms with Gasteiger partial charge in [-0.3, -0.25) is 9.59 Å². The van der Waals surface area contributed by atoms with Crippen molar-refractivity contribution in [2.45, 2.75) is 13.3 Å². The molecule has 0 radical (unpaired) electrons. The molecule has 0 heterocycles. The summed E-state index contributed by atoms with van der Waals surface area (Å²) in [6.45, 7) is 5.54. The van der Waals surface area contributed by atoms with Gasteiger partial charge in [-0.15, -0.1) is 0 Å². The minimum absolute atomic E-state index is 0.0832. The first-order valence-electron chi connectivity index (χ1n) is 5.92. The maximum atomic E-state index is 12.3. The second kappa shape index (κ2) is 4.96. The number of hydrogen-bond donors (Lipinski definition) is 0. The van der Waals surface area contributed by atoms with Crippen LogP contribution in [0, 0.1) is 0 Å². The Bertz CT molecular complexity index is 589. The van der Waals surface area contributed by atoms with Gasteiger partial charge in [0.15, 0.2) is 11.6 Å². The van der Waals surface area contributed by atoms with E-state index in [2.05, 4.69) is 6.58 Å². The molecule has 1 aliphatic carbocycles. The summed E-state index contributed by atoms with van der Waals surface area (Å²) in [5.41, 5.74) is 1.89. The molecule has 18 heavy (non-hydrogen) atoms. The molecular weight excluding hydrogens is 224 g/mol. The van der Waals surface area contributed by atoms with Crippen molar-refractivity contribution < 1.29 is 9.59 Å². The Morgan fingerprint density at radius 1 is 1.06 bits per heavy atom. The Morgan fingerprint density at radius 3 is 2.11 bits per heavy atom. The van der Waals surface area contributed by atoms with Gasteiger partial charge < -0.3 is 0 Å². The molecule has 0 saturated heterocycles. The van der Waals surface area contributed by atoms with Crippen molar-refractivity contribution in [2.24, 2.45) is 0 Å². The zero-order valence-electron chi connectivity index (χ0n) is 10.3. The fraction of sp³-hybridized carbons (Fsp3) is 0.125. The van der Waals surface area contributed by atoms with Crippen LogP contribution in [0.1, 0.15) is 34.1 Å². The Labute approximate surface area is 106 Å². The smallest absolute Gasteiger partial charge is 0.194 e. The van der Waals surface area contributed by atoms with E-state index >= 15 is 0 Å². The number of ketones is 2. The average molecular weight is 238 g/mol. The highest BCUT2D eigenvalue weighted by atomic mass is 16.1. The number of allylic oxidation sites excluding steroid dienone is 5. The standard InChI is InChI=1S/C16H14O2/c1-3-7-11-12(8-4-2)16(18)14-10-6-5-9-13(14)15(11)17/h3,5-10H,1,4H2,2H3/b11-7+,12-8+. The predicted octanol–water partition coefficient (Wildman–Crippen LogP) is 3.51. The summed E-state index contributed by atoms with van der Waals surface area (Å²) >= 11 is 0. The fourth-order valence-corrected chi connectivity index (χ4v) is 2.10. The lowest BCUT2D eigenvalue weighted by Crippen LogP contribution is -2.22. The van der Waals surface area contributed by atoms with E-state index in [1.807, 2.05) is 6.92 Å². The van der Waals surface area contributed by atoms with E-state index in [0.717, 1.165) is 0 Å². The van der Waals surface area contributed by atoms with Crippen LogP contribution in [-0.4, -0.2) is 11.6 Å². The lowest BCUT2D eigenvalue weighted by atomic mass is 9.81. The first kappa shape index (κ1) is 12.2. The molecular formula is C16H14O2. The molecule has 2 nitrogen and oxygen atoms in total. The average Bonchev–Trinajstić information content (AvgIpc) is 2.40. The van der Waals surface area contributed by atoms with Crippen LogP contribution in [0.5, 0.6) is 0 Å². The van der Waals surface area contributed by atoms with Gasteiger partial charge in [0, 0.05) is 22.3 Å². The normalized spacial score (nSPS) is 19.2. The zero-order chi connectivity index (χ0) is 13.1. The Hall–Kier alpha value is -2.22. The van der Waals surface area contributed by atoms with Gasteiger partial charge in [-0.1, -0.05) is 56.0 Å². The van der Waals surface area contributed by atoms with Crippen molar-refractivity contribution in [2.75, 3.05) is 0 Å². The monoisotopic (exact) mass is 238 g/mol. The molecule has 2 rings (SSSR count). The van der Waals surface area contributed by atoms with Gasteiger partial charge in [0.2, 0.25) is 0 Å². The molecule has 0 atom stereocenters. The zero-order valence-corrected chi connectivity index (χ0v) is 10.3. The first-order chi connectivity index (χ1) is 8.70. The summed E-state index contributed by atoms with van der Waals surface area (Å²) in [4.78, 5) is 24.7. The maximum Gasteiger partial charge on any atom is 0.194 e. The van der Waals surface area contributed by atoms with Gasteiger partial charge in [-0.2, -0.15) is 0 Å². The van der Waals surface area contributed by atoms with Crippen LogP contribution in [0.2, 0.25) is 0 Å². The highest BCUT2D eigenvalue weighted by Gasteiger charge is 2.31. The summed E-state index contributed by atoms with van der Waals surface area (Å²) < 4.78 is 0. The summed E-state index contributed by atoms with van der Waals surface area (Å²) in [7, 11) is 0. The van der Waals surface area contributed by atoms with Crippen molar-refractivity contribution in [3.63, 3.8) is 0 Å². The lowest BCUT2D eigenvalue weighted by molar-refractivity contribution is 0.0972. The Balaban J connectivity index is 2.70. The van der Waals surface area contributed by atoms with Crippen molar-refractivity contribution in [3.8, 4) is 0 Å². The topological polar surface area (TPSA) is 34.1 Å². The van der Waals surface area contributed by atoms with E-state index in [-0.39, 0.29) is 11.6 Å². The Morgan fingerprint density at radius 2 is 1.61 bits per heavy atom. The number of hydrogen-bond acceptors (Lipinski definition) is 2. The van der Waals surface area contributed by atoms with Crippen LogP contribution in [0.3, 0.4) is 0 Å². The molecule has 0 aromatic heterocycles. The van der Waals surface area contributed by atoms with Crippen LogP contribution in [0.4, 0.5) is 0 Å². The summed E-state index contributed by atoms with van der Waals surface area (Å²) in [5.74, 6) is -0.190. The number of Topliss-reactive ketones (excluding diaryl/α,β-unsaturated/α-hetero) is 2. The summed E-state index contributed by atoms with van der Waals surface area (Å²) in [6.07, 6.45) is 5.66. The third-order valence-corrected chi connectivity index (χ3v) is 2.89. The molecule has 0 saturated carbocycles. The van der Waals surface area contributed by atoms with Crippen LogP contribution in [0.25, 0.3) is 0 Å². The van der Waals surface area contributed by atoms with Crippen LogP contribution < -0.4 is 0 Å². The number of benzene rings is 1. The molecule has 0 amide bonds. The molecule has 0 fully saturated rings. The van der Waals surface area contributed by atoms with Gasteiger partial charge in [-0.05, 0) is 6.42 Å². The minimum atomic E-state index is -0.107. The van der Waals surface area contributed by atoms with Crippen molar-refractivity contribution in [3.05, 3.63) is 71.3 Å². The molecule has 2 heteroatoms. The number of rotatable bonds is 2. The van der Waals surface area contributed by atoms with Gasteiger partial charge >= 0.3 is 0 Å². The van der Waals surface area contributed by atoms with Crippen LogP contribution in [0.15, 0.2) is 60.2 Å². The SMILES string of the molecule is C=C/C=C1/C(=O)c2ccccc2C(=O)/C1=C/CC. The highest BCUT2D eigenvalue weighted by molar-refractivity contribution is 6.31. The molecule has 0 aliphatic heterocycles. The second-order valence-electron chi connectivity index (χ2n) is 4.05. The highest BCUT2D eigenvalue weighted by Crippen LogP contribution is 2.29. The van der Waals surface area contributed by atoms with E-state index in [1.54, 1.807) is 36.4 Å². The van der Waals surface area contributed by atoms with E-state index in [9.17, 15) is 9.59 Å². The van der Waals surface area contributed by atoms with Gasteiger partial charge in [0.25, 0.3) is 0 Å². The largest absolute Gasteiger partial charge is 0.289 e. The third kappa shape index (κ3) is 1.86. The van der Waals surface area contributed by atoms with Crippen LogP contribution >= 0.6 is 0 Å². The van der Waals surface area contributed by atoms with Gasteiger partial charge in [0.05, 0.1) is 0 Å². The second-order valence-corrected chi connectivity index (χ2v) is 4.05. The quantitative estimate of drug-likeness (QED) is 0.739. The molecule has 90 valence electrons.